The highest BCUT2D eigenvalue weighted by Crippen LogP contribution is 2.21. The molecule has 1 fully saturated rings. The normalized spacial score (nSPS) is 17.4. The largest absolute Gasteiger partial charge is 0.347 e. The van der Waals surface area contributed by atoms with E-state index in [0.29, 0.717) is 0 Å². The summed E-state index contributed by atoms with van der Waals surface area (Å²) in [6, 6.07) is 0.839. The van der Waals surface area contributed by atoms with Crippen LogP contribution in [0.25, 0.3) is 0 Å². The van der Waals surface area contributed by atoms with Gasteiger partial charge in [-0.2, -0.15) is 0 Å². The number of rotatable bonds is 7. The van der Waals surface area contributed by atoms with Crippen molar-refractivity contribution in [2.45, 2.75) is 51.1 Å². The first-order valence-corrected chi connectivity index (χ1v) is 7.24. The third-order valence-corrected chi connectivity index (χ3v) is 3.93. The standard InChI is InChI=1S/C14H26N4/c1-18(14-6-3-2-4-7-14)9-5-8-15-10-13-11-16-12-17-13/h11-12,14-15H,2-10H2,1H3,(H,16,17). The zero-order valence-electron chi connectivity index (χ0n) is 11.5. The molecule has 2 rings (SSSR count). The Kier molecular flexibility index (Phi) is 5.68. The van der Waals surface area contributed by atoms with Crippen molar-refractivity contribution < 1.29 is 0 Å². The zero-order chi connectivity index (χ0) is 12.6. The SMILES string of the molecule is CN(CCCNCc1cnc[nH]1)C1CCCCC1. The summed E-state index contributed by atoms with van der Waals surface area (Å²) in [5, 5.41) is 3.45. The molecule has 0 saturated heterocycles. The lowest BCUT2D eigenvalue weighted by Crippen LogP contribution is -2.35. The molecular formula is C14H26N4. The molecule has 18 heavy (non-hydrogen) atoms. The molecular weight excluding hydrogens is 224 g/mol. The molecule has 102 valence electrons. The van der Waals surface area contributed by atoms with Crippen molar-refractivity contribution in [3.05, 3.63) is 18.2 Å². The van der Waals surface area contributed by atoms with Gasteiger partial charge in [0.1, 0.15) is 0 Å². The number of nitrogens with one attached hydrogen (secondary N) is 2. The van der Waals surface area contributed by atoms with E-state index in [1.165, 1.54) is 45.1 Å². The maximum Gasteiger partial charge on any atom is 0.0922 e. The highest BCUT2D eigenvalue weighted by Gasteiger charge is 2.16. The maximum atomic E-state index is 4.01. The fourth-order valence-corrected chi connectivity index (χ4v) is 2.76. The first-order valence-electron chi connectivity index (χ1n) is 7.24. The number of hydrogen-bond acceptors (Lipinski definition) is 3. The topological polar surface area (TPSA) is 44.0 Å². The van der Waals surface area contributed by atoms with Crippen LogP contribution in [0.4, 0.5) is 0 Å². The van der Waals surface area contributed by atoms with Crippen LogP contribution in [0.3, 0.4) is 0 Å². The number of aromatic amines is 1. The Labute approximate surface area is 110 Å². The summed E-state index contributed by atoms with van der Waals surface area (Å²) in [7, 11) is 2.28. The molecule has 4 nitrogen and oxygen atoms in total. The van der Waals surface area contributed by atoms with Crippen LogP contribution in [0.2, 0.25) is 0 Å². The summed E-state index contributed by atoms with van der Waals surface area (Å²) < 4.78 is 0. The first-order chi connectivity index (χ1) is 8.86. The van der Waals surface area contributed by atoms with E-state index in [9.17, 15) is 0 Å². The molecule has 0 atom stereocenters. The molecule has 0 amide bonds. The molecule has 0 bridgehead atoms. The molecule has 1 aliphatic carbocycles. The van der Waals surface area contributed by atoms with Gasteiger partial charge in [0.2, 0.25) is 0 Å². The van der Waals surface area contributed by atoms with Gasteiger partial charge in [0.15, 0.2) is 0 Å². The third kappa shape index (κ3) is 4.42. The maximum absolute atomic E-state index is 4.01. The van der Waals surface area contributed by atoms with Crippen molar-refractivity contribution in [2.24, 2.45) is 0 Å². The van der Waals surface area contributed by atoms with Crippen molar-refractivity contribution in [1.82, 2.24) is 20.2 Å². The predicted molar refractivity (Wildman–Crippen MR) is 74.4 cm³/mol. The van der Waals surface area contributed by atoms with Gasteiger partial charge in [-0.3, -0.25) is 0 Å². The zero-order valence-corrected chi connectivity index (χ0v) is 11.5. The van der Waals surface area contributed by atoms with Crippen LogP contribution >= 0.6 is 0 Å². The fraction of sp³-hybridized carbons (Fsp3) is 0.786. The van der Waals surface area contributed by atoms with Crippen LogP contribution in [0.5, 0.6) is 0 Å². The number of imidazole rings is 1. The Morgan fingerprint density at radius 2 is 2.22 bits per heavy atom. The van der Waals surface area contributed by atoms with E-state index in [2.05, 4.69) is 27.2 Å². The van der Waals surface area contributed by atoms with Gasteiger partial charge in [-0.1, -0.05) is 19.3 Å². The van der Waals surface area contributed by atoms with Gasteiger partial charge in [0.25, 0.3) is 0 Å². The minimum Gasteiger partial charge on any atom is -0.347 e. The molecule has 0 aromatic carbocycles. The number of H-pyrrole nitrogens is 1. The van der Waals surface area contributed by atoms with Crippen molar-refractivity contribution in [1.29, 1.82) is 0 Å². The predicted octanol–water partition coefficient (Wildman–Crippen LogP) is 2.15. The smallest absolute Gasteiger partial charge is 0.0922 e. The Balaban J connectivity index is 1.52. The first kappa shape index (κ1) is 13.6. The molecule has 0 unspecified atom stereocenters. The lowest BCUT2D eigenvalue weighted by atomic mass is 9.94. The van der Waals surface area contributed by atoms with E-state index in [4.69, 9.17) is 0 Å². The van der Waals surface area contributed by atoms with Gasteiger partial charge < -0.3 is 15.2 Å². The quantitative estimate of drug-likeness (QED) is 0.729. The van der Waals surface area contributed by atoms with Gasteiger partial charge in [-0.05, 0) is 39.4 Å². The summed E-state index contributed by atoms with van der Waals surface area (Å²) in [5.41, 5.74) is 1.16. The monoisotopic (exact) mass is 250 g/mol. The average molecular weight is 250 g/mol. The van der Waals surface area contributed by atoms with Crippen LogP contribution in [-0.4, -0.2) is 41.0 Å². The van der Waals surface area contributed by atoms with E-state index in [1.54, 1.807) is 6.33 Å². The average Bonchev–Trinajstić information content (AvgIpc) is 2.92. The lowest BCUT2D eigenvalue weighted by molar-refractivity contribution is 0.189. The highest BCUT2D eigenvalue weighted by atomic mass is 15.1. The van der Waals surface area contributed by atoms with E-state index >= 15 is 0 Å². The van der Waals surface area contributed by atoms with Crippen molar-refractivity contribution in [2.75, 3.05) is 20.1 Å². The molecule has 0 aliphatic heterocycles. The number of nitrogens with zero attached hydrogens (tertiary/aromatic N) is 2. The Hall–Kier alpha value is -0.870. The molecule has 4 heteroatoms. The van der Waals surface area contributed by atoms with Gasteiger partial charge in [0, 0.05) is 24.5 Å². The summed E-state index contributed by atoms with van der Waals surface area (Å²) in [4.78, 5) is 9.66. The molecule has 1 saturated carbocycles. The number of hydrogen-bond donors (Lipinski definition) is 2. The van der Waals surface area contributed by atoms with E-state index < -0.39 is 0 Å². The van der Waals surface area contributed by atoms with Crippen LogP contribution in [0.1, 0.15) is 44.2 Å². The second kappa shape index (κ2) is 7.54. The minimum absolute atomic E-state index is 0.839. The van der Waals surface area contributed by atoms with Gasteiger partial charge in [0.05, 0.1) is 6.33 Å². The van der Waals surface area contributed by atoms with Gasteiger partial charge in [-0.25, -0.2) is 4.98 Å². The van der Waals surface area contributed by atoms with Crippen molar-refractivity contribution in [3.8, 4) is 0 Å². The van der Waals surface area contributed by atoms with Gasteiger partial charge in [-0.15, -0.1) is 0 Å². The molecule has 1 aliphatic rings. The van der Waals surface area contributed by atoms with Gasteiger partial charge >= 0.3 is 0 Å². The van der Waals surface area contributed by atoms with Crippen LogP contribution in [-0.2, 0) is 6.54 Å². The second-order valence-electron chi connectivity index (χ2n) is 5.38. The lowest BCUT2D eigenvalue weighted by Gasteiger charge is -2.31. The van der Waals surface area contributed by atoms with E-state index in [1.807, 2.05) is 6.20 Å². The second-order valence-corrected chi connectivity index (χ2v) is 5.38. The molecule has 1 aromatic heterocycles. The molecule has 0 spiro atoms. The Morgan fingerprint density at radius 1 is 1.39 bits per heavy atom. The minimum atomic E-state index is 0.839. The molecule has 1 heterocycles. The fourth-order valence-electron chi connectivity index (χ4n) is 2.76. The number of aromatic nitrogens is 2. The van der Waals surface area contributed by atoms with Crippen LogP contribution in [0.15, 0.2) is 12.5 Å². The van der Waals surface area contributed by atoms with E-state index in [-0.39, 0.29) is 0 Å². The summed E-state index contributed by atoms with van der Waals surface area (Å²) in [6.45, 7) is 3.18. The summed E-state index contributed by atoms with van der Waals surface area (Å²) >= 11 is 0. The third-order valence-electron chi connectivity index (χ3n) is 3.93. The highest BCUT2D eigenvalue weighted by molar-refractivity contribution is 4.92. The summed E-state index contributed by atoms with van der Waals surface area (Å²) in [5.74, 6) is 0. The Bertz CT molecular complexity index is 304. The van der Waals surface area contributed by atoms with Crippen molar-refractivity contribution >= 4 is 0 Å². The Morgan fingerprint density at radius 3 is 2.94 bits per heavy atom. The van der Waals surface area contributed by atoms with E-state index in [0.717, 1.165) is 24.8 Å². The molecule has 2 N–H and O–H groups in total. The van der Waals surface area contributed by atoms with Crippen LogP contribution in [0, 0.1) is 0 Å². The van der Waals surface area contributed by atoms with Crippen LogP contribution < -0.4 is 5.32 Å². The summed E-state index contributed by atoms with van der Waals surface area (Å²) in [6.07, 6.45) is 11.9. The molecule has 1 aromatic rings. The molecule has 0 radical (unpaired) electrons. The van der Waals surface area contributed by atoms with Crippen molar-refractivity contribution in [3.63, 3.8) is 0 Å².